The van der Waals surface area contributed by atoms with Crippen LogP contribution in [0.3, 0.4) is 0 Å². The summed E-state index contributed by atoms with van der Waals surface area (Å²) in [5, 5.41) is 29.5. The molecule has 57 heavy (non-hydrogen) atoms. The van der Waals surface area contributed by atoms with Crippen LogP contribution in [0.1, 0.15) is 2.80 Å². The summed E-state index contributed by atoms with van der Waals surface area (Å²) in [5.41, 5.74) is 5.32. The Balaban J connectivity index is 0.000000213. The first-order valence-corrected chi connectivity index (χ1v) is 18.9. The number of allylic oxidation sites excluding steroid dienone is 1. The van der Waals surface area contributed by atoms with E-state index >= 15 is 0 Å². The van der Waals surface area contributed by atoms with Crippen molar-refractivity contribution in [3.05, 3.63) is 170 Å². The van der Waals surface area contributed by atoms with E-state index in [1.165, 1.54) is 21.5 Å². The molecule has 0 radical (unpaired) electrons. The molecular formula is C49H42Cl2FNaO4. The zero-order chi connectivity index (χ0) is 40.3. The number of fused-ring (bicyclic) bond motifs is 9. The van der Waals surface area contributed by atoms with E-state index in [1.807, 2.05) is 60.7 Å². The average Bonchev–Trinajstić information content (AvgIpc) is 3.32. The minimum absolute atomic E-state index is 0. The number of phenols is 2. The van der Waals surface area contributed by atoms with E-state index in [0.29, 0.717) is 36.1 Å². The Bertz CT molecular complexity index is 2530. The first-order chi connectivity index (χ1) is 27.8. The predicted molar refractivity (Wildman–Crippen MR) is 236 cm³/mol. The van der Waals surface area contributed by atoms with E-state index in [2.05, 4.69) is 86.0 Å². The molecule has 2 N–H and O–H groups in total. The maximum atomic E-state index is 10.4. The molecule has 8 heteroatoms. The molecule has 8 aromatic rings. The third-order valence-electron chi connectivity index (χ3n) is 9.34. The van der Waals surface area contributed by atoms with Gasteiger partial charge in [0.2, 0.25) is 0 Å². The number of hydrogen-bond donors (Lipinski definition) is 2. The summed E-state index contributed by atoms with van der Waals surface area (Å²) in [6.07, 6.45) is 0. The number of ether oxygens (including phenoxy) is 2. The Morgan fingerprint density at radius 1 is 0.579 bits per heavy atom. The molecular weight excluding hydrogens is 765 g/mol. The molecule has 8 aromatic carbocycles. The van der Waals surface area contributed by atoms with Gasteiger partial charge in [0.1, 0.15) is 36.2 Å². The van der Waals surface area contributed by atoms with Gasteiger partial charge in [-0.1, -0.05) is 134 Å². The largest absolute Gasteiger partial charge is 1.00 e. The van der Waals surface area contributed by atoms with E-state index in [1.54, 1.807) is 12.1 Å². The summed E-state index contributed by atoms with van der Waals surface area (Å²) in [6.45, 7) is 8.52. The second-order valence-corrected chi connectivity index (χ2v) is 13.6. The van der Waals surface area contributed by atoms with E-state index in [-0.39, 0.29) is 42.5 Å². The van der Waals surface area contributed by atoms with E-state index in [0.717, 1.165) is 55.3 Å². The van der Waals surface area contributed by atoms with Crippen LogP contribution in [0.25, 0.3) is 65.3 Å². The van der Waals surface area contributed by atoms with Crippen molar-refractivity contribution in [3.63, 3.8) is 0 Å². The predicted octanol–water partition coefficient (Wildman–Crippen LogP) is 10.8. The van der Waals surface area contributed by atoms with Gasteiger partial charge in [0.15, 0.2) is 0 Å². The van der Waals surface area contributed by atoms with Gasteiger partial charge in [0.05, 0.1) is 8.52 Å². The molecule has 0 aromatic heterocycles. The van der Waals surface area contributed by atoms with Gasteiger partial charge in [-0.25, -0.2) is 0 Å². The summed E-state index contributed by atoms with van der Waals surface area (Å²) < 4.78 is 27.8. The Morgan fingerprint density at radius 2 is 0.877 bits per heavy atom. The number of rotatable bonds is 3. The summed E-state index contributed by atoms with van der Waals surface area (Å²) in [6, 6.07) is 48.0. The molecule has 4 nitrogen and oxygen atoms in total. The SMILES string of the molecule is C=C(CCl)CCl.C=C1COc2ccc3ccccc3c2-c2c(ccc3ccccc23)OC1.Oc1ccc2ccccc2c1-c1c(O)ccc2ccccc12.[2H]CF.[H-].[Na+]. The molecule has 1 aliphatic heterocycles. The molecule has 0 atom stereocenters. The summed E-state index contributed by atoms with van der Waals surface area (Å²) in [7, 11) is -1.00. The van der Waals surface area contributed by atoms with Crippen LogP contribution >= 0.6 is 23.2 Å². The summed E-state index contributed by atoms with van der Waals surface area (Å²) in [5.74, 6) is 3.03. The van der Waals surface area contributed by atoms with Crippen LogP contribution < -0.4 is 39.0 Å². The third kappa shape index (κ3) is 9.59. The van der Waals surface area contributed by atoms with E-state index in [9.17, 15) is 14.6 Å². The van der Waals surface area contributed by atoms with Gasteiger partial charge in [0.25, 0.3) is 0 Å². The zero-order valence-corrected chi connectivity index (χ0v) is 35.2. The molecule has 284 valence electrons. The third-order valence-corrected chi connectivity index (χ3v) is 10.1. The molecule has 0 unspecified atom stereocenters. The van der Waals surface area contributed by atoms with Crippen molar-refractivity contribution in [1.29, 1.82) is 0 Å². The molecule has 1 aliphatic rings. The van der Waals surface area contributed by atoms with Gasteiger partial charge >= 0.3 is 29.6 Å². The Hall–Kier alpha value is -5.01. The van der Waals surface area contributed by atoms with Crippen LogP contribution in [-0.4, -0.2) is 42.3 Å². The minimum atomic E-state index is -1.00. The van der Waals surface area contributed by atoms with E-state index in [4.69, 9.17) is 34.0 Å². The van der Waals surface area contributed by atoms with Crippen molar-refractivity contribution in [2.75, 3.05) is 32.1 Å². The Labute approximate surface area is 367 Å². The van der Waals surface area contributed by atoms with Crippen molar-refractivity contribution < 1.29 is 56.4 Å². The number of benzene rings is 8. The topological polar surface area (TPSA) is 58.9 Å². The second-order valence-electron chi connectivity index (χ2n) is 13.0. The molecule has 0 saturated carbocycles. The van der Waals surface area contributed by atoms with Crippen molar-refractivity contribution in [2.24, 2.45) is 0 Å². The normalized spacial score (nSPS) is 11.8. The van der Waals surface area contributed by atoms with Crippen molar-refractivity contribution >= 4 is 66.3 Å². The molecule has 0 saturated heterocycles. The first kappa shape index (κ1) is 41.6. The number of alkyl halides is 3. The van der Waals surface area contributed by atoms with Crippen LogP contribution in [0.2, 0.25) is 0 Å². The summed E-state index contributed by atoms with van der Waals surface area (Å²) >= 11 is 10.5. The fraction of sp³-hybridized carbons (Fsp3) is 0.102. The van der Waals surface area contributed by atoms with Gasteiger partial charge in [-0.15, -0.1) is 23.2 Å². The second kappa shape index (κ2) is 20.4. The van der Waals surface area contributed by atoms with Gasteiger partial charge < -0.3 is 21.1 Å². The van der Waals surface area contributed by atoms with Gasteiger partial charge in [-0.3, -0.25) is 4.39 Å². The Morgan fingerprint density at radius 3 is 1.19 bits per heavy atom. The molecule has 0 aliphatic carbocycles. The zero-order valence-electron chi connectivity index (χ0n) is 33.7. The number of aromatic hydroxyl groups is 2. The van der Waals surface area contributed by atoms with Gasteiger partial charge in [-0.2, -0.15) is 0 Å². The van der Waals surface area contributed by atoms with Gasteiger partial charge in [-0.05, 0) is 78.5 Å². The molecule has 0 amide bonds. The minimum Gasteiger partial charge on any atom is -1.00 e. The standard InChI is InChI=1S/C24H18O2.C20H14O2.C4H6Cl2.CH3F.Na.H/c1-16-14-25-21-12-10-17-6-2-4-8-19(17)23(21)24-20-9-5-3-7-18(20)11-13-22(24)26-15-16;21-17-11-9-13-5-1-3-7-15(13)19(17)20-16-8-4-2-6-14(16)10-12-18(20)22;1-4(2-5)3-6;1-2;;/h2-13H,1,14-15H2;1-12,21-22H;1-3H2;1H3;;/q;;;;+1;-1/i;;;1D;;. The van der Waals surface area contributed by atoms with Crippen LogP contribution in [0.4, 0.5) is 4.39 Å². The molecule has 0 spiro atoms. The van der Waals surface area contributed by atoms with Gasteiger partial charge in [0, 0.05) is 34.0 Å². The molecule has 1 heterocycles. The van der Waals surface area contributed by atoms with Crippen molar-refractivity contribution in [3.8, 4) is 45.3 Å². The Kier molecular flexibility index (Phi) is 14.9. The van der Waals surface area contributed by atoms with Crippen LogP contribution in [0.15, 0.2) is 170 Å². The molecule has 0 fully saturated rings. The smallest absolute Gasteiger partial charge is 1.00 e. The quantitative estimate of drug-likeness (QED) is 0.106. The number of halogens is 3. The fourth-order valence-electron chi connectivity index (χ4n) is 6.74. The molecule has 9 rings (SSSR count). The van der Waals surface area contributed by atoms with Crippen molar-refractivity contribution in [2.45, 2.75) is 0 Å². The number of phenolic OH excluding ortho intramolecular Hbond substituents is 2. The maximum absolute atomic E-state index is 10.4. The fourth-order valence-corrected chi connectivity index (χ4v) is 7.03. The summed E-state index contributed by atoms with van der Waals surface area (Å²) in [4.78, 5) is 0. The van der Waals surface area contributed by atoms with E-state index < -0.39 is 7.15 Å². The molecule has 0 bridgehead atoms. The van der Waals surface area contributed by atoms with Crippen LogP contribution in [0, 0.1) is 0 Å². The average molecular weight is 809 g/mol. The number of hydrogen-bond acceptors (Lipinski definition) is 4. The van der Waals surface area contributed by atoms with Crippen LogP contribution in [-0.2, 0) is 0 Å². The van der Waals surface area contributed by atoms with Crippen molar-refractivity contribution in [1.82, 2.24) is 0 Å². The van der Waals surface area contributed by atoms with Crippen LogP contribution in [0.5, 0.6) is 23.0 Å². The monoisotopic (exact) mass is 807 g/mol. The first-order valence-electron chi connectivity index (χ1n) is 18.5. The maximum Gasteiger partial charge on any atom is 1.00 e.